The van der Waals surface area contributed by atoms with Crippen molar-refractivity contribution in [3.63, 3.8) is 0 Å². The minimum atomic E-state index is -1.07. The van der Waals surface area contributed by atoms with Crippen molar-refractivity contribution < 1.29 is 19.1 Å². The highest BCUT2D eigenvalue weighted by molar-refractivity contribution is 5.99. The Morgan fingerprint density at radius 1 is 1.15 bits per heavy atom. The van der Waals surface area contributed by atoms with Gasteiger partial charge in [0, 0.05) is 5.69 Å². The van der Waals surface area contributed by atoms with Gasteiger partial charge in [0.2, 0.25) is 0 Å². The highest BCUT2D eigenvalue weighted by Gasteiger charge is 2.10. The van der Waals surface area contributed by atoms with Gasteiger partial charge >= 0.3 is 5.97 Å². The minimum absolute atomic E-state index is 0.00859. The van der Waals surface area contributed by atoms with Crippen molar-refractivity contribution in [3.05, 3.63) is 59.4 Å². The smallest absolute Gasteiger partial charge is 0.335 e. The van der Waals surface area contributed by atoms with E-state index < -0.39 is 17.7 Å². The monoisotopic (exact) mass is 274 g/mol. The predicted molar refractivity (Wildman–Crippen MR) is 71.6 cm³/mol. The number of hydrogen-bond acceptors (Lipinski definition) is 3. The summed E-state index contributed by atoms with van der Waals surface area (Å²) in [5.41, 5.74) is 6.03. The number of hydrogen-bond donors (Lipinski definition) is 3. The second-order valence-corrected chi connectivity index (χ2v) is 4.07. The van der Waals surface area contributed by atoms with Crippen LogP contribution in [0.1, 0.15) is 20.7 Å². The van der Waals surface area contributed by atoms with Crippen LogP contribution in [0.2, 0.25) is 0 Å². The van der Waals surface area contributed by atoms with Crippen molar-refractivity contribution in [2.24, 2.45) is 5.73 Å². The van der Waals surface area contributed by atoms with Crippen LogP contribution in [0.5, 0.6) is 0 Å². The fourth-order valence-electron chi connectivity index (χ4n) is 1.71. The standard InChI is InChI=1S/C14H11FN2O3/c15-9-4-5-12(11(7-9)13(16)18)17-10-3-1-2-8(6-10)14(19)20/h1-7,17H,(H2,16,18)(H,19,20). The zero-order chi connectivity index (χ0) is 14.7. The fourth-order valence-corrected chi connectivity index (χ4v) is 1.71. The number of nitrogens with two attached hydrogens (primary N) is 1. The van der Waals surface area contributed by atoms with Crippen LogP contribution in [0.15, 0.2) is 42.5 Å². The highest BCUT2D eigenvalue weighted by atomic mass is 19.1. The molecule has 0 spiro atoms. The van der Waals surface area contributed by atoms with E-state index in [1.807, 2.05) is 0 Å². The molecule has 0 unspecified atom stereocenters. The molecule has 0 heterocycles. The second kappa shape index (κ2) is 5.40. The zero-order valence-electron chi connectivity index (χ0n) is 10.3. The van der Waals surface area contributed by atoms with Crippen molar-refractivity contribution in [1.29, 1.82) is 0 Å². The van der Waals surface area contributed by atoms with Gasteiger partial charge in [0.1, 0.15) is 5.82 Å². The molecule has 1 amide bonds. The molecule has 0 aliphatic carbocycles. The molecule has 5 nitrogen and oxygen atoms in total. The first-order chi connectivity index (χ1) is 9.47. The van der Waals surface area contributed by atoms with E-state index >= 15 is 0 Å². The summed E-state index contributed by atoms with van der Waals surface area (Å²) in [5, 5.41) is 11.7. The van der Waals surface area contributed by atoms with Crippen molar-refractivity contribution in [3.8, 4) is 0 Å². The minimum Gasteiger partial charge on any atom is -0.478 e. The lowest BCUT2D eigenvalue weighted by atomic mass is 10.1. The molecule has 0 radical (unpaired) electrons. The van der Waals surface area contributed by atoms with E-state index in [4.69, 9.17) is 10.8 Å². The van der Waals surface area contributed by atoms with Crippen molar-refractivity contribution in [2.75, 3.05) is 5.32 Å². The number of benzene rings is 2. The molecule has 0 aliphatic heterocycles. The van der Waals surface area contributed by atoms with Crippen LogP contribution in [0.4, 0.5) is 15.8 Å². The van der Waals surface area contributed by atoms with Gasteiger partial charge in [-0.05, 0) is 36.4 Å². The summed E-state index contributed by atoms with van der Waals surface area (Å²) in [4.78, 5) is 22.1. The Kier molecular flexibility index (Phi) is 3.65. The molecule has 0 aliphatic rings. The molecule has 0 atom stereocenters. The van der Waals surface area contributed by atoms with E-state index in [-0.39, 0.29) is 11.1 Å². The van der Waals surface area contributed by atoms with E-state index in [0.717, 1.165) is 6.07 Å². The van der Waals surface area contributed by atoms with Gasteiger partial charge in [0.15, 0.2) is 0 Å². The molecule has 0 bridgehead atoms. The number of nitrogens with one attached hydrogen (secondary N) is 1. The Balaban J connectivity index is 2.37. The van der Waals surface area contributed by atoms with E-state index in [9.17, 15) is 14.0 Å². The summed E-state index contributed by atoms with van der Waals surface area (Å²) in [5.74, 6) is -2.42. The molecule has 20 heavy (non-hydrogen) atoms. The molecule has 6 heteroatoms. The van der Waals surface area contributed by atoms with Crippen molar-refractivity contribution in [2.45, 2.75) is 0 Å². The highest BCUT2D eigenvalue weighted by Crippen LogP contribution is 2.22. The fraction of sp³-hybridized carbons (Fsp3) is 0. The molecular weight excluding hydrogens is 263 g/mol. The first kappa shape index (κ1) is 13.5. The SMILES string of the molecule is NC(=O)c1cc(F)ccc1Nc1cccc(C(=O)O)c1. The topological polar surface area (TPSA) is 92.4 Å². The normalized spacial score (nSPS) is 10.1. The first-order valence-electron chi connectivity index (χ1n) is 5.67. The summed E-state index contributed by atoms with van der Waals surface area (Å²) >= 11 is 0. The second-order valence-electron chi connectivity index (χ2n) is 4.07. The Hall–Kier alpha value is -2.89. The van der Waals surface area contributed by atoms with Gasteiger partial charge in [-0.2, -0.15) is 0 Å². The molecule has 0 aromatic heterocycles. The molecule has 2 rings (SSSR count). The van der Waals surface area contributed by atoms with Gasteiger partial charge in [0.25, 0.3) is 5.91 Å². The molecule has 2 aromatic rings. The van der Waals surface area contributed by atoms with Gasteiger partial charge < -0.3 is 16.2 Å². The van der Waals surface area contributed by atoms with E-state index in [1.165, 1.54) is 24.3 Å². The first-order valence-corrected chi connectivity index (χ1v) is 5.67. The molecule has 102 valence electrons. The summed E-state index contributed by atoms with van der Waals surface area (Å²) in [6, 6.07) is 9.58. The van der Waals surface area contributed by atoms with Crippen LogP contribution < -0.4 is 11.1 Å². The van der Waals surface area contributed by atoms with Crippen molar-refractivity contribution >= 4 is 23.3 Å². The lowest BCUT2D eigenvalue weighted by molar-refractivity contribution is 0.0696. The maximum atomic E-state index is 13.1. The Labute approximate surface area is 113 Å². The predicted octanol–water partition coefficient (Wildman–Crippen LogP) is 2.37. The molecule has 2 aromatic carbocycles. The van der Waals surface area contributed by atoms with Crippen LogP contribution in [-0.4, -0.2) is 17.0 Å². The summed E-state index contributed by atoms with van der Waals surface area (Å²) in [6.45, 7) is 0. The summed E-state index contributed by atoms with van der Waals surface area (Å²) < 4.78 is 13.1. The average Bonchev–Trinajstić information content (AvgIpc) is 2.41. The number of anilines is 2. The Morgan fingerprint density at radius 3 is 2.55 bits per heavy atom. The molecule has 0 saturated carbocycles. The van der Waals surface area contributed by atoms with Gasteiger partial charge in [0.05, 0.1) is 16.8 Å². The van der Waals surface area contributed by atoms with Gasteiger partial charge in [-0.15, -0.1) is 0 Å². The number of amides is 1. The molecule has 0 saturated heterocycles. The Bertz CT molecular complexity index is 686. The largest absolute Gasteiger partial charge is 0.478 e. The van der Waals surface area contributed by atoms with E-state index in [2.05, 4.69) is 5.32 Å². The van der Waals surface area contributed by atoms with E-state index in [1.54, 1.807) is 12.1 Å². The summed E-state index contributed by atoms with van der Waals surface area (Å²) in [7, 11) is 0. The summed E-state index contributed by atoms with van der Waals surface area (Å²) in [6.07, 6.45) is 0. The Morgan fingerprint density at radius 2 is 1.90 bits per heavy atom. The molecule has 4 N–H and O–H groups in total. The quantitative estimate of drug-likeness (QED) is 0.798. The van der Waals surface area contributed by atoms with Crippen LogP contribution in [0.3, 0.4) is 0 Å². The maximum Gasteiger partial charge on any atom is 0.335 e. The lowest BCUT2D eigenvalue weighted by Crippen LogP contribution is -2.13. The van der Waals surface area contributed by atoms with Crippen LogP contribution >= 0.6 is 0 Å². The molecule has 0 fully saturated rings. The van der Waals surface area contributed by atoms with Crippen LogP contribution in [0.25, 0.3) is 0 Å². The number of aromatic carboxylic acids is 1. The lowest BCUT2D eigenvalue weighted by Gasteiger charge is -2.10. The number of carboxylic acid groups (broad SMARTS) is 1. The maximum absolute atomic E-state index is 13.1. The van der Waals surface area contributed by atoms with Gasteiger partial charge in [-0.25, -0.2) is 9.18 Å². The number of carboxylic acids is 1. The number of carbonyl (C=O) groups excluding carboxylic acids is 1. The number of halogens is 1. The van der Waals surface area contributed by atoms with Crippen LogP contribution in [-0.2, 0) is 0 Å². The van der Waals surface area contributed by atoms with Crippen LogP contribution in [0, 0.1) is 5.82 Å². The third kappa shape index (κ3) is 2.92. The molecular formula is C14H11FN2O3. The number of rotatable bonds is 4. The zero-order valence-corrected chi connectivity index (χ0v) is 10.3. The number of primary amides is 1. The van der Waals surface area contributed by atoms with Gasteiger partial charge in [-0.1, -0.05) is 6.07 Å². The van der Waals surface area contributed by atoms with E-state index in [0.29, 0.717) is 11.4 Å². The van der Waals surface area contributed by atoms with Gasteiger partial charge in [-0.3, -0.25) is 4.79 Å². The average molecular weight is 274 g/mol. The van der Waals surface area contributed by atoms with Crippen molar-refractivity contribution in [1.82, 2.24) is 0 Å². The number of carbonyl (C=O) groups is 2. The third-order valence-electron chi connectivity index (χ3n) is 2.64. The third-order valence-corrected chi connectivity index (χ3v) is 2.64.